The SMILES string of the molecule is CCC(CC)(CC)CCCCC[P+](O)(O)O. The molecular formula is C12H28O3P+. The number of hydrogen-bond donors (Lipinski definition) is 3. The van der Waals surface area contributed by atoms with E-state index in [4.69, 9.17) is 14.7 Å². The molecule has 3 nitrogen and oxygen atoms in total. The van der Waals surface area contributed by atoms with Gasteiger partial charge in [-0.25, -0.2) is 0 Å². The summed E-state index contributed by atoms with van der Waals surface area (Å²) in [6.45, 7) is 6.75. The number of rotatable bonds is 9. The molecule has 0 saturated carbocycles. The summed E-state index contributed by atoms with van der Waals surface area (Å²) < 4.78 is 0. The molecule has 0 aromatic carbocycles. The molecule has 0 aromatic rings. The van der Waals surface area contributed by atoms with Crippen LogP contribution in [0.25, 0.3) is 0 Å². The first-order chi connectivity index (χ1) is 7.39. The Morgan fingerprint density at radius 3 is 1.69 bits per heavy atom. The topological polar surface area (TPSA) is 60.7 Å². The Hall–Kier alpha value is 0.310. The predicted octanol–water partition coefficient (Wildman–Crippen LogP) is 3.50. The van der Waals surface area contributed by atoms with Gasteiger partial charge in [-0.15, -0.1) is 0 Å². The van der Waals surface area contributed by atoms with Crippen LogP contribution in [0.3, 0.4) is 0 Å². The van der Waals surface area contributed by atoms with Gasteiger partial charge in [0.2, 0.25) is 0 Å². The molecule has 0 unspecified atom stereocenters. The summed E-state index contributed by atoms with van der Waals surface area (Å²) in [5.74, 6) is 0. The second kappa shape index (κ2) is 7.60. The van der Waals surface area contributed by atoms with Crippen molar-refractivity contribution < 1.29 is 14.7 Å². The van der Waals surface area contributed by atoms with Crippen molar-refractivity contribution in [1.29, 1.82) is 0 Å². The third kappa shape index (κ3) is 6.80. The molecule has 0 rings (SSSR count). The second-order valence-corrected chi connectivity index (χ2v) is 6.62. The standard InChI is InChI=1S/C12H28O3P/c1-4-12(5-2,6-3)10-8-7-9-11-16(13,14)15/h13-15H,4-11H2,1-3H3/q+1. The average Bonchev–Trinajstić information content (AvgIpc) is 2.23. The van der Waals surface area contributed by atoms with Crippen molar-refractivity contribution in [3.8, 4) is 0 Å². The minimum atomic E-state index is -3.52. The molecular weight excluding hydrogens is 223 g/mol. The van der Waals surface area contributed by atoms with Crippen molar-refractivity contribution in [2.45, 2.75) is 65.7 Å². The molecule has 4 heteroatoms. The lowest BCUT2D eigenvalue weighted by atomic mass is 9.76. The molecule has 0 radical (unpaired) electrons. The van der Waals surface area contributed by atoms with Gasteiger partial charge < -0.3 is 0 Å². The Morgan fingerprint density at radius 1 is 0.812 bits per heavy atom. The highest BCUT2D eigenvalue weighted by Crippen LogP contribution is 2.45. The molecule has 0 saturated heterocycles. The van der Waals surface area contributed by atoms with Crippen LogP contribution in [0.2, 0.25) is 0 Å². The van der Waals surface area contributed by atoms with Gasteiger partial charge in [-0.05, 0) is 24.7 Å². The van der Waals surface area contributed by atoms with Crippen molar-refractivity contribution in [2.75, 3.05) is 6.16 Å². The van der Waals surface area contributed by atoms with Crippen LogP contribution < -0.4 is 0 Å². The zero-order valence-electron chi connectivity index (χ0n) is 10.9. The van der Waals surface area contributed by atoms with Crippen LogP contribution in [0.1, 0.15) is 65.7 Å². The number of hydrogen-bond acceptors (Lipinski definition) is 3. The molecule has 0 atom stereocenters. The van der Waals surface area contributed by atoms with Crippen LogP contribution in [0.4, 0.5) is 0 Å². The molecule has 0 fully saturated rings. The Balaban J connectivity index is 3.71. The van der Waals surface area contributed by atoms with E-state index in [1.54, 1.807) is 0 Å². The zero-order chi connectivity index (χ0) is 12.7. The van der Waals surface area contributed by atoms with Gasteiger partial charge in [0.1, 0.15) is 6.16 Å². The predicted molar refractivity (Wildman–Crippen MR) is 70.2 cm³/mol. The van der Waals surface area contributed by atoms with Gasteiger partial charge in [-0.3, -0.25) is 0 Å². The molecule has 98 valence electrons. The molecule has 0 amide bonds. The quantitative estimate of drug-likeness (QED) is 0.434. The minimum Gasteiger partial charge on any atom is -0.193 e. The maximum Gasteiger partial charge on any atom is 0.403 e. The fraction of sp³-hybridized carbons (Fsp3) is 1.00. The van der Waals surface area contributed by atoms with E-state index < -0.39 is 7.94 Å². The smallest absolute Gasteiger partial charge is 0.193 e. The van der Waals surface area contributed by atoms with Crippen LogP contribution in [-0.2, 0) is 0 Å². The average molecular weight is 251 g/mol. The molecule has 0 spiro atoms. The van der Waals surface area contributed by atoms with Crippen LogP contribution in [0, 0.1) is 5.41 Å². The molecule has 0 aliphatic rings. The van der Waals surface area contributed by atoms with Gasteiger partial charge in [0.25, 0.3) is 0 Å². The van der Waals surface area contributed by atoms with Crippen molar-refractivity contribution in [3.63, 3.8) is 0 Å². The highest BCUT2D eigenvalue weighted by atomic mass is 31.2. The highest BCUT2D eigenvalue weighted by Gasteiger charge is 2.28. The van der Waals surface area contributed by atoms with E-state index in [1.165, 1.54) is 25.7 Å². The number of unbranched alkanes of at least 4 members (excludes halogenated alkanes) is 2. The summed E-state index contributed by atoms with van der Waals surface area (Å²) in [6, 6.07) is 0. The van der Waals surface area contributed by atoms with Gasteiger partial charge in [-0.2, -0.15) is 14.7 Å². The summed E-state index contributed by atoms with van der Waals surface area (Å²) >= 11 is 0. The third-order valence-electron chi connectivity index (χ3n) is 3.92. The van der Waals surface area contributed by atoms with E-state index in [0.717, 1.165) is 12.8 Å². The fourth-order valence-corrected chi connectivity index (χ4v) is 2.93. The highest BCUT2D eigenvalue weighted by molar-refractivity contribution is 7.58. The van der Waals surface area contributed by atoms with E-state index in [-0.39, 0.29) is 6.16 Å². The summed E-state index contributed by atoms with van der Waals surface area (Å²) in [4.78, 5) is 26.5. The lowest BCUT2D eigenvalue weighted by Crippen LogP contribution is -2.17. The summed E-state index contributed by atoms with van der Waals surface area (Å²) in [5, 5.41) is 0. The fourth-order valence-electron chi connectivity index (χ4n) is 2.28. The Kier molecular flexibility index (Phi) is 7.75. The normalized spacial score (nSPS) is 13.1. The lowest BCUT2D eigenvalue weighted by molar-refractivity contribution is 0.220. The molecule has 16 heavy (non-hydrogen) atoms. The van der Waals surface area contributed by atoms with Crippen LogP contribution >= 0.6 is 7.94 Å². The van der Waals surface area contributed by atoms with E-state index >= 15 is 0 Å². The first kappa shape index (κ1) is 16.3. The first-order valence-corrected chi connectivity index (χ1v) is 8.28. The largest absolute Gasteiger partial charge is 0.403 e. The van der Waals surface area contributed by atoms with Crippen molar-refractivity contribution in [1.82, 2.24) is 0 Å². The van der Waals surface area contributed by atoms with Crippen LogP contribution in [-0.4, -0.2) is 20.8 Å². The molecule has 0 aromatic heterocycles. The van der Waals surface area contributed by atoms with Gasteiger partial charge in [0.05, 0.1) is 0 Å². The third-order valence-corrected chi connectivity index (χ3v) is 4.83. The van der Waals surface area contributed by atoms with Crippen molar-refractivity contribution in [3.05, 3.63) is 0 Å². The zero-order valence-corrected chi connectivity index (χ0v) is 11.8. The van der Waals surface area contributed by atoms with Crippen LogP contribution in [0.15, 0.2) is 0 Å². The Bertz CT molecular complexity index is 165. The van der Waals surface area contributed by atoms with Crippen molar-refractivity contribution >= 4 is 7.94 Å². The lowest BCUT2D eigenvalue weighted by Gasteiger charge is -2.30. The maximum absolute atomic E-state index is 8.84. The Labute approximate surface area is 100 Å². The Morgan fingerprint density at radius 2 is 1.31 bits per heavy atom. The van der Waals surface area contributed by atoms with Crippen molar-refractivity contribution in [2.24, 2.45) is 5.41 Å². The summed E-state index contributed by atoms with van der Waals surface area (Å²) in [5.41, 5.74) is 0.476. The van der Waals surface area contributed by atoms with Gasteiger partial charge in [0.15, 0.2) is 0 Å². The van der Waals surface area contributed by atoms with E-state index in [0.29, 0.717) is 11.8 Å². The van der Waals surface area contributed by atoms with Gasteiger partial charge >= 0.3 is 7.94 Å². The molecule has 3 N–H and O–H groups in total. The summed E-state index contributed by atoms with van der Waals surface area (Å²) in [6.07, 6.45) is 7.84. The van der Waals surface area contributed by atoms with E-state index in [2.05, 4.69) is 20.8 Å². The molecule has 0 aliphatic carbocycles. The first-order valence-electron chi connectivity index (χ1n) is 6.45. The molecule has 0 aliphatic heterocycles. The summed E-state index contributed by atoms with van der Waals surface area (Å²) in [7, 11) is -3.52. The molecule has 0 heterocycles. The molecule has 0 bridgehead atoms. The van der Waals surface area contributed by atoms with Gasteiger partial charge in [-0.1, -0.05) is 46.5 Å². The monoisotopic (exact) mass is 251 g/mol. The minimum absolute atomic E-state index is 0.157. The van der Waals surface area contributed by atoms with Gasteiger partial charge in [0, 0.05) is 0 Å². The second-order valence-electron chi connectivity index (χ2n) is 4.79. The van der Waals surface area contributed by atoms with E-state index in [9.17, 15) is 0 Å². The maximum atomic E-state index is 8.84. The van der Waals surface area contributed by atoms with E-state index in [1.807, 2.05) is 0 Å². The van der Waals surface area contributed by atoms with Crippen LogP contribution in [0.5, 0.6) is 0 Å².